The van der Waals surface area contributed by atoms with Crippen LogP contribution in [0.3, 0.4) is 0 Å². The first-order valence-electron chi connectivity index (χ1n) is 6.10. The molecule has 0 aromatic heterocycles. The molecule has 0 bridgehead atoms. The molecule has 1 aromatic rings. The molecular weight excluding hydrogens is 230 g/mol. The molecule has 0 fully saturated rings. The van der Waals surface area contributed by atoms with Crippen LogP contribution in [0.25, 0.3) is 0 Å². The molecule has 1 heterocycles. The average Bonchev–Trinajstić information content (AvgIpc) is 2.89. The van der Waals surface area contributed by atoms with Gasteiger partial charge in [0.05, 0.1) is 6.54 Å². The highest BCUT2D eigenvalue weighted by Crippen LogP contribution is 2.08. The van der Waals surface area contributed by atoms with Crippen molar-refractivity contribution >= 4 is 11.9 Å². The van der Waals surface area contributed by atoms with Crippen LogP contribution in [-0.4, -0.2) is 36.7 Å². The lowest BCUT2D eigenvalue weighted by Crippen LogP contribution is -2.22. The van der Waals surface area contributed by atoms with Gasteiger partial charge >= 0.3 is 6.09 Å². The Labute approximate surface area is 106 Å². The van der Waals surface area contributed by atoms with Gasteiger partial charge in [0.1, 0.15) is 5.84 Å². The number of aryl methyl sites for hydroxylation is 1. The molecule has 3 N–H and O–H groups in total. The minimum atomic E-state index is -0.962. The highest BCUT2D eigenvalue weighted by molar-refractivity contribution is 5.99. The lowest BCUT2D eigenvalue weighted by atomic mass is 10.1. The molecule has 0 unspecified atom stereocenters. The molecule has 0 saturated heterocycles. The Kier molecular flexibility index (Phi) is 4.17. The molecule has 5 heteroatoms. The summed E-state index contributed by atoms with van der Waals surface area (Å²) in [4.78, 5) is 14.6. The van der Waals surface area contributed by atoms with E-state index in [2.05, 4.69) is 39.9 Å². The summed E-state index contributed by atoms with van der Waals surface area (Å²) in [6.07, 6.45) is 0.723. The van der Waals surface area contributed by atoms with Crippen LogP contribution in [0.2, 0.25) is 0 Å². The zero-order valence-corrected chi connectivity index (χ0v) is 10.1. The number of benzene rings is 1. The quantitative estimate of drug-likeness (QED) is 0.685. The first kappa shape index (κ1) is 12.4. The van der Waals surface area contributed by atoms with E-state index in [0.717, 1.165) is 37.3 Å². The van der Waals surface area contributed by atoms with Crippen LogP contribution in [-0.2, 0) is 6.42 Å². The molecule has 1 aliphatic rings. The van der Waals surface area contributed by atoms with Gasteiger partial charge in [0.15, 0.2) is 0 Å². The zero-order valence-electron chi connectivity index (χ0n) is 10.1. The van der Waals surface area contributed by atoms with Crippen molar-refractivity contribution in [3.63, 3.8) is 0 Å². The maximum absolute atomic E-state index is 10.3. The van der Waals surface area contributed by atoms with Crippen molar-refractivity contribution in [2.24, 2.45) is 4.99 Å². The van der Waals surface area contributed by atoms with E-state index in [0.29, 0.717) is 6.54 Å². The number of carbonyl (C=O) groups is 1. The van der Waals surface area contributed by atoms with Crippen molar-refractivity contribution in [1.82, 2.24) is 10.6 Å². The topological polar surface area (TPSA) is 73.7 Å². The third kappa shape index (κ3) is 3.48. The fourth-order valence-corrected chi connectivity index (χ4v) is 1.91. The normalized spacial score (nSPS) is 13.9. The van der Waals surface area contributed by atoms with Gasteiger partial charge in [-0.05, 0) is 18.4 Å². The Morgan fingerprint density at radius 2 is 2.17 bits per heavy atom. The second-order valence-corrected chi connectivity index (χ2v) is 4.19. The summed E-state index contributed by atoms with van der Waals surface area (Å²) in [5.74, 6) is 0.967. The third-order valence-electron chi connectivity index (χ3n) is 2.82. The lowest BCUT2D eigenvalue weighted by molar-refractivity contribution is 0.194. The molecule has 96 valence electrons. The fourth-order valence-electron chi connectivity index (χ4n) is 1.91. The lowest BCUT2D eigenvalue weighted by Gasteiger charge is -2.05. The van der Waals surface area contributed by atoms with Gasteiger partial charge in [-0.1, -0.05) is 24.3 Å². The van der Waals surface area contributed by atoms with Gasteiger partial charge in [-0.15, -0.1) is 0 Å². The number of amides is 1. The number of nitrogens with one attached hydrogen (secondary N) is 2. The van der Waals surface area contributed by atoms with E-state index in [4.69, 9.17) is 5.11 Å². The molecule has 0 radical (unpaired) electrons. The van der Waals surface area contributed by atoms with Gasteiger partial charge in [-0.2, -0.15) is 0 Å². The first-order chi connectivity index (χ1) is 8.75. The molecule has 0 spiro atoms. The fraction of sp³-hybridized carbons (Fsp3) is 0.385. The number of hydrogen-bond acceptors (Lipinski definition) is 3. The standard InChI is InChI=1S/C13H17N3O2/c17-13(18)16-7-1-2-10-3-5-11(6-4-10)12-14-8-9-15-12/h3-6,16H,1-2,7-9H2,(H,14,15)(H,17,18). The summed E-state index contributed by atoms with van der Waals surface area (Å²) in [6.45, 7) is 2.25. The van der Waals surface area contributed by atoms with Crippen molar-refractivity contribution < 1.29 is 9.90 Å². The summed E-state index contributed by atoms with van der Waals surface area (Å²) in [7, 11) is 0. The molecule has 0 atom stereocenters. The predicted octanol–water partition coefficient (Wildman–Crippen LogP) is 1.24. The number of amidine groups is 1. The molecule has 1 aliphatic heterocycles. The molecule has 0 saturated carbocycles. The van der Waals surface area contributed by atoms with Gasteiger partial charge in [-0.25, -0.2) is 4.79 Å². The Morgan fingerprint density at radius 1 is 1.39 bits per heavy atom. The van der Waals surface area contributed by atoms with E-state index in [9.17, 15) is 4.79 Å². The molecule has 2 rings (SSSR count). The van der Waals surface area contributed by atoms with E-state index in [1.165, 1.54) is 5.56 Å². The number of carboxylic acid groups (broad SMARTS) is 1. The minimum Gasteiger partial charge on any atom is -0.465 e. The van der Waals surface area contributed by atoms with Crippen molar-refractivity contribution in [1.29, 1.82) is 0 Å². The Hall–Kier alpha value is -2.04. The second kappa shape index (κ2) is 6.05. The van der Waals surface area contributed by atoms with Gasteiger partial charge in [0.25, 0.3) is 0 Å². The maximum Gasteiger partial charge on any atom is 0.404 e. The molecule has 18 heavy (non-hydrogen) atoms. The van der Waals surface area contributed by atoms with E-state index in [-0.39, 0.29) is 0 Å². The second-order valence-electron chi connectivity index (χ2n) is 4.19. The van der Waals surface area contributed by atoms with E-state index < -0.39 is 6.09 Å². The van der Waals surface area contributed by atoms with E-state index >= 15 is 0 Å². The highest BCUT2D eigenvalue weighted by Gasteiger charge is 2.07. The summed E-state index contributed by atoms with van der Waals surface area (Å²) in [5.41, 5.74) is 2.32. The Morgan fingerprint density at radius 3 is 2.78 bits per heavy atom. The summed E-state index contributed by atoms with van der Waals surface area (Å²) in [6, 6.07) is 8.24. The van der Waals surface area contributed by atoms with Crippen molar-refractivity contribution in [2.75, 3.05) is 19.6 Å². The van der Waals surface area contributed by atoms with Gasteiger partial charge < -0.3 is 15.7 Å². The van der Waals surface area contributed by atoms with Crippen molar-refractivity contribution in [3.8, 4) is 0 Å². The zero-order chi connectivity index (χ0) is 12.8. The van der Waals surface area contributed by atoms with Gasteiger partial charge in [0, 0.05) is 18.7 Å². The van der Waals surface area contributed by atoms with E-state index in [1.807, 2.05) is 0 Å². The largest absolute Gasteiger partial charge is 0.465 e. The number of aliphatic imine (C=N–C) groups is 1. The van der Waals surface area contributed by atoms with Crippen LogP contribution < -0.4 is 10.6 Å². The Bertz CT molecular complexity index is 440. The van der Waals surface area contributed by atoms with Crippen LogP contribution in [0.4, 0.5) is 4.79 Å². The van der Waals surface area contributed by atoms with Crippen LogP contribution in [0.5, 0.6) is 0 Å². The molecule has 5 nitrogen and oxygen atoms in total. The van der Waals surface area contributed by atoms with Crippen molar-refractivity contribution in [3.05, 3.63) is 35.4 Å². The van der Waals surface area contributed by atoms with Crippen LogP contribution in [0, 0.1) is 0 Å². The van der Waals surface area contributed by atoms with E-state index in [1.54, 1.807) is 0 Å². The van der Waals surface area contributed by atoms with Crippen LogP contribution in [0.1, 0.15) is 17.5 Å². The average molecular weight is 247 g/mol. The van der Waals surface area contributed by atoms with Gasteiger partial charge in [0.2, 0.25) is 0 Å². The summed E-state index contributed by atoms with van der Waals surface area (Å²) < 4.78 is 0. The monoisotopic (exact) mass is 247 g/mol. The van der Waals surface area contributed by atoms with Crippen LogP contribution in [0.15, 0.2) is 29.3 Å². The SMILES string of the molecule is O=C(O)NCCCc1ccc(C2=NCCN2)cc1. The number of hydrogen-bond donors (Lipinski definition) is 3. The molecule has 0 aliphatic carbocycles. The summed E-state index contributed by atoms with van der Waals surface area (Å²) in [5, 5.41) is 14.0. The molecule has 1 aromatic carbocycles. The van der Waals surface area contributed by atoms with Crippen LogP contribution >= 0.6 is 0 Å². The minimum absolute atomic E-state index is 0.491. The maximum atomic E-state index is 10.3. The summed E-state index contributed by atoms with van der Waals surface area (Å²) >= 11 is 0. The number of rotatable bonds is 5. The smallest absolute Gasteiger partial charge is 0.404 e. The third-order valence-corrected chi connectivity index (χ3v) is 2.82. The highest BCUT2D eigenvalue weighted by atomic mass is 16.4. The predicted molar refractivity (Wildman–Crippen MR) is 70.2 cm³/mol. The number of nitrogens with zero attached hydrogens (tertiary/aromatic N) is 1. The van der Waals surface area contributed by atoms with Crippen molar-refractivity contribution in [2.45, 2.75) is 12.8 Å². The molecular formula is C13H17N3O2. The molecule has 1 amide bonds. The van der Waals surface area contributed by atoms with Gasteiger partial charge in [-0.3, -0.25) is 4.99 Å². The first-order valence-corrected chi connectivity index (χ1v) is 6.10. The Balaban J connectivity index is 1.82.